The number of aryl methyl sites for hydroxylation is 1. The zero-order valence-corrected chi connectivity index (χ0v) is 15.3. The Labute approximate surface area is 150 Å². The number of aromatic nitrogens is 3. The van der Waals surface area contributed by atoms with Gasteiger partial charge in [0.05, 0.1) is 5.25 Å². The topological polar surface area (TPSA) is 80.1 Å². The van der Waals surface area contributed by atoms with Crippen LogP contribution < -0.4 is 5.32 Å². The Balaban J connectivity index is 1.83. The van der Waals surface area contributed by atoms with E-state index in [1.54, 1.807) is 6.92 Å². The van der Waals surface area contributed by atoms with Gasteiger partial charge in [0.15, 0.2) is 11.0 Å². The molecule has 1 aromatic heterocycles. The molecule has 0 unspecified atom stereocenters. The molecule has 1 aliphatic rings. The van der Waals surface area contributed by atoms with Crippen molar-refractivity contribution in [3.63, 3.8) is 0 Å². The first-order chi connectivity index (χ1) is 12.0. The van der Waals surface area contributed by atoms with Crippen molar-refractivity contribution in [2.45, 2.75) is 37.7 Å². The van der Waals surface area contributed by atoms with Crippen molar-refractivity contribution >= 4 is 23.7 Å². The molecular weight excluding hydrogens is 338 g/mol. The number of urea groups is 1. The Kier molecular flexibility index (Phi) is 5.08. The summed E-state index contributed by atoms with van der Waals surface area (Å²) in [4.78, 5) is 25.4. The van der Waals surface area contributed by atoms with Gasteiger partial charge in [0, 0.05) is 25.2 Å². The number of carbonyl (C=O) groups excluding carboxylic acids is 2. The highest BCUT2D eigenvalue weighted by Crippen LogP contribution is 2.29. The molecule has 0 radical (unpaired) electrons. The summed E-state index contributed by atoms with van der Waals surface area (Å²) in [5.41, 5.74) is 2.15. The van der Waals surface area contributed by atoms with Gasteiger partial charge in [0.2, 0.25) is 5.91 Å². The molecule has 1 aromatic carbocycles. The third kappa shape index (κ3) is 3.39. The maximum absolute atomic E-state index is 12.5. The van der Waals surface area contributed by atoms with E-state index in [0.29, 0.717) is 24.8 Å². The van der Waals surface area contributed by atoms with Gasteiger partial charge in [-0.15, -0.1) is 10.2 Å². The first kappa shape index (κ1) is 17.5. The van der Waals surface area contributed by atoms with Crippen molar-refractivity contribution in [2.75, 3.05) is 13.1 Å². The normalized spacial score (nSPS) is 15.3. The minimum atomic E-state index is -0.414. The van der Waals surface area contributed by atoms with Crippen LogP contribution in [0.3, 0.4) is 0 Å². The Morgan fingerprint density at radius 3 is 2.76 bits per heavy atom. The van der Waals surface area contributed by atoms with Gasteiger partial charge in [-0.3, -0.25) is 9.69 Å². The molecule has 25 heavy (non-hydrogen) atoms. The van der Waals surface area contributed by atoms with E-state index in [-0.39, 0.29) is 11.9 Å². The van der Waals surface area contributed by atoms with Crippen LogP contribution >= 0.6 is 11.8 Å². The lowest BCUT2D eigenvalue weighted by atomic mass is 10.1. The molecule has 2 aromatic rings. The summed E-state index contributed by atoms with van der Waals surface area (Å²) in [6.07, 6.45) is 0. The first-order valence-corrected chi connectivity index (χ1v) is 9.16. The minimum absolute atomic E-state index is 0.205. The SMILES string of the molecule is CCn1c(S[C@H](C)C(=O)N2CCNC2=O)nnc1-c1ccccc1C. The molecule has 3 rings (SSSR count). The molecule has 0 aliphatic carbocycles. The van der Waals surface area contributed by atoms with Gasteiger partial charge >= 0.3 is 6.03 Å². The number of benzene rings is 1. The standard InChI is InChI=1S/C17H21N5O2S/c1-4-21-14(13-8-6-5-7-11(13)2)19-20-17(21)25-12(3)15(23)22-10-9-18-16(22)24/h5-8,12H,4,9-10H2,1-3H3,(H,18,24)/t12-/m1/s1. The number of nitrogens with zero attached hydrogens (tertiary/aromatic N) is 4. The zero-order valence-electron chi connectivity index (χ0n) is 14.5. The molecule has 1 atom stereocenters. The highest BCUT2D eigenvalue weighted by Gasteiger charge is 2.31. The van der Waals surface area contributed by atoms with Crippen LogP contribution in [-0.4, -0.2) is 49.9 Å². The molecule has 1 fully saturated rings. The van der Waals surface area contributed by atoms with E-state index in [1.807, 2.05) is 42.7 Å². The molecule has 3 amide bonds. The number of carbonyl (C=O) groups is 2. The summed E-state index contributed by atoms with van der Waals surface area (Å²) in [5, 5.41) is 11.5. The lowest BCUT2D eigenvalue weighted by Crippen LogP contribution is -2.39. The summed E-state index contributed by atoms with van der Waals surface area (Å²) in [5.74, 6) is 0.588. The van der Waals surface area contributed by atoms with Crippen LogP contribution in [0.2, 0.25) is 0 Å². The van der Waals surface area contributed by atoms with Gasteiger partial charge in [-0.25, -0.2) is 4.79 Å². The summed E-state index contributed by atoms with van der Waals surface area (Å²) in [7, 11) is 0. The van der Waals surface area contributed by atoms with Crippen LogP contribution in [0.5, 0.6) is 0 Å². The molecular formula is C17H21N5O2S. The van der Waals surface area contributed by atoms with E-state index in [9.17, 15) is 9.59 Å². The van der Waals surface area contributed by atoms with Gasteiger partial charge in [-0.1, -0.05) is 36.0 Å². The number of imide groups is 1. The molecule has 0 spiro atoms. The Hall–Kier alpha value is -2.35. The lowest BCUT2D eigenvalue weighted by Gasteiger charge is -2.17. The molecule has 1 N–H and O–H groups in total. The van der Waals surface area contributed by atoms with Gasteiger partial charge < -0.3 is 9.88 Å². The molecule has 0 bridgehead atoms. The molecule has 2 heterocycles. The summed E-state index contributed by atoms with van der Waals surface area (Å²) in [6.45, 7) is 7.47. The van der Waals surface area contributed by atoms with Crippen molar-refractivity contribution in [3.05, 3.63) is 29.8 Å². The fraction of sp³-hybridized carbons (Fsp3) is 0.412. The number of hydrogen-bond acceptors (Lipinski definition) is 5. The molecule has 1 saturated heterocycles. The van der Waals surface area contributed by atoms with Crippen LogP contribution in [0, 0.1) is 6.92 Å². The average Bonchev–Trinajstić information content (AvgIpc) is 3.20. The van der Waals surface area contributed by atoms with Gasteiger partial charge in [0.1, 0.15) is 0 Å². The van der Waals surface area contributed by atoms with E-state index < -0.39 is 5.25 Å². The summed E-state index contributed by atoms with van der Waals surface area (Å²) < 4.78 is 2.00. The highest BCUT2D eigenvalue weighted by atomic mass is 32.2. The van der Waals surface area contributed by atoms with Crippen molar-refractivity contribution in [1.29, 1.82) is 0 Å². The van der Waals surface area contributed by atoms with Crippen LogP contribution in [0.25, 0.3) is 11.4 Å². The maximum Gasteiger partial charge on any atom is 0.324 e. The number of nitrogens with one attached hydrogen (secondary N) is 1. The molecule has 132 valence electrons. The van der Waals surface area contributed by atoms with Crippen LogP contribution in [-0.2, 0) is 11.3 Å². The van der Waals surface area contributed by atoms with Crippen LogP contribution in [0.15, 0.2) is 29.4 Å². The number of thioether (sulfide) groups is 1. The summed E-state index contributed by atoms with van der Waals surface area (Å²) in [6, 6.07) is 7.69. The zero-order chi connectivity index (χ0) is 18.0. The van der Waals surface area contributed by atoms with Crippen molar-refractivity contribution in [3.8, 4) is 11.4 Å². The number of hydrogen-bond donors (Lipinski definition) is 1. The summed E-state index contributed by atoms with van der Waals surface area (Å²) >= 11 is 1.33. The molecule has 7 nitrogen and oxygen atoms in total. The fourth-order valence-corrected chi connectivity index (χ4v) is 3.77. The second-order valence-corrected chi connectivity index (χ2v) is 7.16. The number of rotatable bonds is 5. The second-order valence-electron chi connectivity index (χ2n) is 5.85. The van der Waals surface area contributed by atoms with E-state index >= 15 is 0 Å². The number of amides is 3. The largest absolute Gasteiger partial charge is 0.336 e. The molecule has 1 aliphatic heterocycles. The highest BCUT2D eigenvalue weighted by molar-refractivity contribution is 8.00. The Bertz CT molecular complexity index is 804. The predicted octanol–water partition coefficient (Wildman–Crippen LogP) is 2.31. The van der Waals surface area contributed by atoms with Crippen molar-refractivity contribution in [1.82, 2.24) is 25.0 Å². The maximum atomic E-state index is 12.5. The predicted molar refractivity (Wildman–Crippen MR) is 96.3 cm³/mol. The third-order valence-electron chi connectivity index (χ3n) is 4.17. The van der Waals surface area contributed by atoms with Crippen LogP contribution in [0.4, 0.5) is 4.79 Å². The van der Waals surface area contributed by atoms with Crippen LogP contribution in [0.1, 0.15) is 19.4 Å². The first-order valence-electron chi connectivity index (χ1n) is 8.28. The third-order valence-corrected chi connectivity index (χ3v) is 5.24. The smallest absolute Gasteiger partial charge is 0.324 e. The van der Waals surface area contributed by atoms with E-state index in [2.05, 4.69) is 15.5 Å². The minimum Gasteiger partial charge on any atom is -0.336 e. The average molecular weight is 359 g/mol. The molecule has 0 saturated carbocycles. The van der Waals surface area contributed by atoms with Gasteiger partial charge in [-0.2, -0.15) is 0 Å². The molecule has 8 heteroatoms. The van der Waals surface area contributed by atoms with E-state index in [1.165, 1.54) is 16.7 Å². The van der Waals surface area contributed by atoms with Gasteiger partial charge in [0.25, 0.3) is 0 Å². The van der Waals surface area contributed by atoms with E-state index in [4.69, 9.17) is 0 Å². The quantitative estimate of drug-likeness (QED) is 0.829. The Morgan fingerprint density at radius 1 is 1.36 bits per heavy atom. The fourth-order valence-electron chi connectivity index (χ4n) is 2.79. The lowest BCUT2D eigenvalue weighted by molar-refractivity contribution is -0.126. The monoisotopic (exact) mass is 359 g/mol. The van der Waals surface area contributed by atoms with E-state index in [0.717, 1.165) is 17.0 Å². The van der Waals surface area contributed by atoms with Gasteiger partial charge in [-0.05, 0) is 26.3 Å². The van der Waals surface area contributed by atoms with Crippen molar-refractivity contribution < 1.29 is 9.59 Å². The second kappa shape index (κ2) is 7.26. The van der Waals surface area contributed by atoms with Crippen molar-refractivity contribution in [2.24, 2.45) is 0 Å². The Morgan fingerprint density at radius 2 is 2.12 bits per heavy atom.